The van der Waals surface area contributed by atoms with Crippen LogP contribution in [-0.2, 0) is 13.0 Å². The molecule has 1 aliphatic heterocycles. The van der Waals surface area contributed by atoms with Crippen LogP contribution in [0.4, 0.5) is 0 Å². The summed E-state index contributed by atoms with van der Waals surface area (Å²) in [4.78, 5) is 2.24. The minimum Gasteiger partial charge on any atom is -0.465 e. The van der Waals surface area contributed by atoms with Gasteiger partial charge in [0.2, 0.25) is 0 Å². The van der Waals surface area contributed by atoms with Crippen molar-refractivity contribution in [2.45, 2.75) is 32.9 Å². The molecule has 0 spiro atoms. The summed E-state index contributed by atoms with van der Waals surface area (Å²) in [5.74, 6) is 2.14. The lowest BCUT2D eigenvalue weighted by atomic mass is 10.0. The largest absolute Gasteiger partial charge is 0.465 e. The molecule has 5 heteroatoms. The van der Waals surface area contributed by atoms with Crippen LogP contribution in [0.5, 0.6) is 0 Å². The van der Waals surface area contributed by atoms with E-state index in [1.807, 2.05) is 32.0 Å². The second-order valence-corrected chi connectivity index (χ2v) is 5.78. The van der Waals surface area contributed by atoms with Crippen molar-refractivity contribution < 1.29 is 9.52 Å². The molecule has 1 aliphatic rings. The van der Waals surface area contributed by atoms with Gasteiger partial charge in [0, 0.05) is 24.7 Å². The molecule has 2 N–H and O–H groups in total. The van der Waals surface area contributed by atoms with Crippen molar-refractivity contribution in [3.05, 3.63) is 41.1 Å². The van der Waals surface area contributed by atoms with Crippen molar-refractivity contribution in [2.24, 2.45) is 5.92 Å². The first kappa shape index (κ1) is 13.4. The molecule has 1 fully saturated rings. The number of aliphatic hydroxyl groups excluding tert-OH is 1. The Morgan fingerprint density at radius 1 is 1.40 bits per heavy atom. The summed E-state index contributed by atoms with van der Waals surface area (Å²) in [6.07, 6.45) is 0.530. The third-order valence-corrected chi connectivity index (χ3v) is 3.89. The number of hydrogen-bond donors (Lipinski definition) is 2. The van der Waals surface area contributed by atoms with Gasteiger partial charge in [0.15, 0.2) is 0 Å². The van der Waals surface area contributed by atoms with E-state index in [0.29, 0.717) is 6.54 Å². The summed E-state index contributed by atoms with van der Waals surface area (Å²) in [7, 11) is 0. The molecule has 0 amide bonds. The van der Waals surface area contributed by atoms with Gasteiger partial charge >= 0.3 is 0 Å². The topological polar surface area (TPSA) is 65.3 Å². The molecule has 1 saturated heterocycles. The van der Waals surface area contributed by atoms with Crippen LogP contribution in [0, 0.1) is 19.8 Å². The Morgan fingerprint density at radius 2 is 2.25 bits per heavy atom. The minimum atomic E-state index is -0.289. The molecule has 2 aromatic heterocycles. The minimum absolute atomic E-state index is 0.244. The average molecular weight is 275 g/mol. The molecule has 0 aromatic carbocycles. The van der Waals surface area contributed by atoms with Gasteiger partial charge < -0.3 is 9.52 Å². The third kappa shape index (κ3) is 2.94. The zero-order valence-electron chi connectivity index (χ0n) is 12.0. The van der Waals surface area contributed by atoms with E-state index in [9.17, 15) is 5.11 Å². The van der Waals surface area contributed by atoms with Gasteiger partial charge in [-0.1, -0.05) is 0 Å². The summed E-state index contributed by atoms with van der Waals surface area (Å²) in [6.45, 7) is 6.29. The summed E-state index contributed by atoms with van der Waals surface area (Å²) in [5, 5.41) is 17.4. The first-order valence-corrected chi connectivity index (χ1v) is 7.07. The van der Waals surface area contributed by atoms with Crippen LogP contribution in [0.25, 0.3) is 0 Å². The number of aromatic amines is 1. The fourth-order valence-corrected chi connectivity index (χ4v) is 2.91. The number of aryl methyl sites for hydroxylation is 2. The number of rotatable bonds is 4. The van der Waals surface area contributed by atoms with Crippen LogP contribution in [0.15, 0.2) is 22.6 Å². The molecule has 0 radical (unpaired) electrons. The van der Waals surface area contributed by atoms with E-state index in [-0.39, 0.29) is 12.0 Å². The molecule has 0 unspecified atom stereocenters. The molecule has 0 aliphatic carbocycles. The molecular formula is C15H21N3O2. The van der Waals surface area contributed by atoms with Crippen LogP contribution in [0.2, 0.25) is 0 Å². The molecule has 0 bridgehead atoms. The second kappa shape index (κ2) is 5.42. The van der Waals surface area contributed by atoms with Crippen LogP contribution in [0.3, 0.4) is 0 Å². The predicted molar refractivity (Wildman–Crippen MR) is 75.2 cm³/mol. The van der Waals surface area contributed by atoms with Gasteiger partial charge in [-0.15, -0.1) is 0 Å². The lowest BCUT2D eigenvalue weighted by Gasteiger charge is -2.13. The van der Waals surface area contributed by atoms with Gasteiger partial charge in [0.05, 0.1) is 18.3 Å². The fraction of sp³-hybridized carbons (Fsp3) is 0.533. The standard InChI is InChI=1S/C15H21N3O2/c1-10-5-13(17-16-10)6-12-7-18(9-15(12)19)8-14-4-3-11(2)20-14/h3-5,12,15,19H,6-9H2,1-2H3,(H,16,17)/t12-,15-/m1/s1. The smallest absolute Gasteiger partial charge is 0.118 e. The lowest BCUT2D eigenvalue weighted by molar-refractivity contribution is 0.140. The Bertz CT molecular complexity index is 575. The monoisotopic (exact) mass is 275 g/mol. The van der Waals surface area contributed by atoms with Crippen molar-refractivity contribution >= 4 is 0 Å². The van der Waals surface area contributed by atoms with Gasteiger partial charge in [-0.05, 0) is 38.5 Å². The van der Waals surface area contributed by atoms with Crippen LogP contribution >= 0.6 is 0 Å². The van der Waals surface area contributed by atoms with Gasteiger partial charge in [-0.25, -0.2) is 0 Å². The maximum absolute atomic E-state index is 10.2. The van der Waals surface area contributed by atoms with E-state index >= 15 is 0 Å². The van der Waals surface area contributed by atoms with Crippen LogP contribution in [0.1, 0.15) is 22.9 Å². The highest BCUT2D eigenvalue weighted by molar-refractivity contribution is 5.09. The SMILES string of the molecule is Cc1cc(C[C@@H]2CN(Cc3ccc(C)o3)C[C@H]2O)n[nH]1. The number of hydrogen-bond acceptors (Lipinski definition) is 4. The first-order valence-electron chi connectivity index (χ1n) is 7.07. The van der Waals surface area contributed by atoms with E-state index < -0.39 is 0 Å². The predicted octanol–water partition coefficient (Wildman–Crippen LogP) is 1.65. The molecule has 5 nitrogen and oxygen atoms in total. The number of likely N-dealkylation sites (tertiary alicyclic amines) is 1. The molecule has 20 heavy (non-hydrogen) atoms. The quantitative estimate of drug-likeness (QED) is 0.890. The van der Waals surface area contributed by atoms with Crippen molar-refractivity contribution in [3.63, 3.8) is 0 Å². The fourth-order valence-electron chi connectivity index (χ4n) is 2.91. The Labute approximate surface area is 118 Å². The van der Waals surface area contributed by atoms with Crippen molar-refractivity contribution in [2.75, 3.05) is 13.1 Å². The molecule has 3 heterocycles. The molecule has 2 atom stereocenters. The van der Waals surface area contributed by atoms with E-state index in [2.05, 4.69) is 15.1 Å². The van der Waals surface area contributed by atoms with Crippen LogP contribution < -0.4 is 0 Å². The van der Waals surface area contributed by atoms with E-state index in [1.165, 1.54) is 0 Å². The number of nitrogens with zero attached hydrogens (tertiary/aromatic N) is 2. The summed E-state index contributed by atoms with van der Waals surface area (Å²) in [6, 6.07) is 6.03. The molecule has 0 saturated carbocycles. The highest BCUT2D eigenvalue weighted by atomic mass is 16.3. The summed E-state index contributed by atoms with van der Waals surface area (Å²) < 4.78 is 5.60. The molecule has 3 rings (SSSR count). The molecule has 108 valence electrons. The van der Waals surface area contributed by atoms with Gasteiger partial charge in [0.25, 0.3) is 0 Å². The highest BCUT2D eigenvalue weighted by Crippen LogP contribution is 2.23. The molecule has 2 aromatic rings. The van der Waals surface area contributed by atoms with Crippen molar-refractivity contribution in [1.29, 1.82) is 0 Å². The van der Waals surface area contributed by atoms with E-state index in [4.69, 9.17) is 4.42 Å². The Morgan fingerprint density at radius 3 is 2.90 bits per heavy atom. The number of aliphatic hydroxyl groups is 1. The Balaban J connectivity index is 1.59. The lowest BCUT2D eigenvalue weighted by Crippen LogP contribution is -2.21. The number of β-amino-alcohol motifs (C(OH)–C–C–N with tert-alkyl or cyclic N) is 1. The Kier molecular flexibility index (Phi) is 3.63. The highest BCUT2D eigenvalue weighted by Gasteiger charge is 2.32. The van der Waals surface area contributed by atoms with Crippen LogP contribution in [-0.4, -0.2) is 39.4 Å². The Hall–Kier alpha value is -1.59. The van der Waals surface area contributed by atoms with Gasteiger partial charge in [-0.3, -0.25) is 10.00 Å². The summed E-state index contributed by atoms with van der Waals surface area (Å²) >= 11 is 0. The number of aromatic nitrogens is 2. The van der Waals surface area contributed by atoms with E-state index in [0.717, 1.165) is 42.4 Å². The zero-order chi connectivity index (χ0) is 14.1. The molecular weight excluding hydrogens is 254 g/mol. The second-order valence-electron chi connectivity index (χ2n) is 5.78. The van der Waals surface area contributed by atoms with Gasteiger partial charge in [0.1, 0.15) is 11.5 Å². The summed E-state index contributed by atoms with van der Waals surface area (Å²) in [5.41, 5.74) is 2.10. The van der Waals surface area contributed by atoms with Gasteiger partial charge in [-0.2, -0.15) is 5.10 Å². The van der Waals surface area contributed by atoms with Crippen molar-refractivity contribution in [1.82, 2.24) is 15.1 Å². The maximum atomic E-state index is 10.2. The average Bonchev–Trinajstić information content (AvgIpc) is 3.05. The van der Waals surface area contributed by atoms with Crippen molar-refractivity contribution in [3.8, 4) is 0 Å². The maximum Gasteiger partial charge on any atom is 0.118 e. The number of furan rings is 1. The normalized spacial score (nSPS) is 23.6. The number of H-pyrrole nitrogens is 1. The number of nitrogens with one attached hydrogen (secondary N) is 1. The van der Waals surface area contributed by atoms with E-state index in [1.54, 1.807) is 0 Å². The third-order valence-electron chi connectivity index (χ3n) is 3.89. The first-order chi connectivity index (χ1) is 9.60. The zero-order valence-corrected chi connectivity index (χ0v) is 12.0.